The van der Waals surface area contributed by atoms with E-state index in [1.165, 1.54) is 0 Å². The Morgan fingerprint density at radius 2 is 1.77 bits per heavy atom. The summed E-state index contributed by atoms with van der Waals surface area (Å²) in [7, 11) is -3.39. The zero-order valence-corrected chi connectivity index (χ0v) is 7.92. The van der Waals surface area contributed by atoms with Gasteiger partial charge in [0.15, 0.2) is 5.75 Å². The summed E-state index contributed by atoms with van der Waals surface area (Å²) < 4.78 is 26.6. The highest BCUT2D eigenvalue weighted by molar-refractivity contribution is 7.50. The molecule has 1 aromatic heterocycles. The van der Waals surface area contributed by atoms with Crippen molar-refractivity contribution in [3.63, 3.8) is 0 Å². The highest BCUT2D eigenvalue weighted by Gasteiger charge is 2.48. The molecular formula is C7H6NO4P. The third kappa shape index (κ3) is 0.728. The van der Waals surface area contributed by atoms with Gasteiger partial charge < -0.3 is 13.6 Å². The van der Waals surface area contributed by atoms with E-state index in [0.717, 1.165) is 11.1 Å². The Hall–Kier alpha value is -1.22. The Balaban J connectivity index is 2.44. The van der Waals surface area contributed by atoms with Gasteiger partial charge >= 0.3 is 7.82 Å². The molecule has 0 saturated carbocycles. The van der Waals surface area contributed by atoms with Crippen molar-refractivity contribution >= 4 is 7.82 Å². The third-order valence-electron chi connectivity index (χ3n) is 2.22. The average molecular weight is 199 g/mol. The molecule has 0 aliphatic carbocycles. The van der Waals surface area contributed by atoms with Crippen molar-refractivity contribution in [2.24, 2.45) is 0 Å². The predicted molar refractivity (Wildman–Crippen MR) is 43.2 cm³/mol. The highest BCUT2D eigenvalue weighted by atomic mass is 31.2. The third-order valence-corrected chi connectivity index (χ3v) is 3.42. The monoisotopic (exact) mass is 199 g/mol. The minimum absolute atomic E-state index is 0.285. The predicted octanol–water partition coefficient (Wildman–Crippen LogP) is 1.97. The number of phosphoric acid groups is 1. The smallest absolute Gasteiger partial charge is 0.380 e. The maximum absolute atomic E-state index is 11.6. The van der Waals surface area contributed by atoms with Crippen molar-refractivity contribution in [2.75, 3.05) is 0 Å². The van der Waals surface area contributed by atoms with Crippen LogP contribution in [0.3, 0.4) is 0 Å². The van der Waals surface area contributed by atoms with E-state index in [-0.39, 0.29) is 5.88 Å². The molecule has 3 rings (SSSR count). The first-order chi connectivity index (χ1) is 6.09. The lowest BCUT2D eigenvalue weighted by atomic mass is 10.1. The summed E-state index contributed by atoms with van der Waals surface area (Å²) in [5.41, 5.74) is 1.72. The first-order valence-electron chi connectivity index (χ1n) is 3.79. The second kappa shape index (κ2) is 1.82. The summed E-state index contributed by atoms with van der Waals surface area (Å²) in [4.78, 5) is 3.98. The van der Waals surface area contributed by atoms with Gasteiger partial charge in [0, 0.05) is 11.1 Å². The largest absolute Gasteiger partial charge is 0.649 e. The Morgan fingerprint density at radius 3 is 2.54 bits per heavy atom. The van der Waals surface area contributed by atoms with Crippen LogP contribution in [0, 0.1) is 13.8 Å². The van der Waals surface area contributed by atoms with E-state index in [1.807, 2.05) is 13.8 Å². The van der Waals surface area contributed by atoms with Gasteiger partial charge in [0.2, 0.25) is 5.88 Å². The number of pyridine rings is 1. The Labute approximate surface area is 74.3 Å². The van der Waals surface area contributed by atoms with Crippen molar-refractivity contribution in [3.05, 3.63) is 11.1 Å². The second-order valence-corrected chi connectivity index (χ2v) is 4.46. The highest BCUT2D eigenvalue weighted by Crippen LogP contribution is 2.63. The summed E-state index contributed by atoms with van der Waals surface area (Å²) in [6.45, 7) is 3.70. The van der Waals surface area contributed by atoms with Crippen molar-refractivity contribution in [1.82, 2.24) is 4.98 Å². The molecule has 5 nitrogen and oxygen atoms in total. The van der Waals surface area contributed by atoms with E-state index in [0.29, 0.717) is 11.6 Å². The molecule has 6 heteroatoms. The number of aromatic nitrogens is 1. The van der Waals surface area contributed by atoms with Gasteiger partial charge in [0.25, 0.3) is 5.88 Å². The van der Waals surface area contributed by atoms with E-state index in [9.17, 15) is 4.57 Å². The summed E-state index contributed by atoms with van der Waals surface area (Å²) in [5, 5.41) is 0. The Morgan fingerprint density at radius 1 is 1.08 bits per heavy atom. The van der Waals surface area contributed by atoms with E-state index < -0.39 is 7.82 Å². The molecule has 0 radical (unpaired) electrons. The van der Waals surface area contributed by atoms with Crippen molar-refractivity contribution in [2.45, 2.75) is 13.8 Å². The molecule has 0 N–H and O–H groups in total. The maximum atomic E-state index is 11.6. The van der Waals surface area contributed by atoms with Gasteiger partial charge in [-0.1, -0.05) is 0 Å². The number of phosphoric ester groups is 1. The fourth-order valence-electron chi connectivity index (χ4n) is 1.36. The Bertz CT molecular complexity index is 463. The van der Waals surface area contributed by atoms with Gasteiger partial charge in [0.1, 0.15) is 0 Å². The van der Waals surface area contributed by atoms with Gasteiger partial charge in [-0.2, -0.15) is 9.55 Å². The van der Waals surface area contributed by atoms with Crippen LogP contribution >= 0.6 is 7.82 Å². The number of nitrogens with zero attached hydrogens (tertiary/aromatic N) is 1. The molecule has 68 valence electrons. The van der Waals surface area contributed by atoms with E-state index in [1.54, 1.807) is 0 Å². The van der Waals surface area contributed by atoms with Crippen LogP contribution in [0.15, 0.2) is 0 Å². The summed E-state index contributed by atoms with van der Waals surface area (Å²) in [6.07, 6.45) is 0. The van der Waals surface area contributed by atoms with Gasteiger partial charge in [-0.25, -0.2) is 0 Å². The van der Waals surface area contributed by atoms with Crippen LogP contribution in [0.1, 0.15) is 11.1 Å². The number of rotatable bonds is 0. The van der Waals surface area contributed by atoms with Crippen molar-refractivity contribution in [1.29, 1.82) is 0 Å². The summed E-state index contributed by atoms with van der Waals surface area (Å²) in [6, 6.07) is 0. The molecule has 3 heterocycles. The molecule has 2 aliphatic heterocycles. The van der Waals surface area contributed by atoms with Gasteiger partial charge in [-0.05, 0) is 13.8 Å². The van der Waals surface area contributed by atoms with Crippen molar-refractivity contribution < 1.29 is 18.1 Å². The zero-order chi connectivity index (χ0) is 9.22. The molecule has 0 amide bonds. The van der Waals surface area contributed by atoms with Crippen LogP contribution in [0.4, 0.5) is 0 Å². The molecule has 3 bridgehead atoms. The van der Waals surface area contributed by atoms with E-state index in [4.69, 9.17) is 13.6 Å². The zero-order valence-electron chi connectivity index (χ0n) is 7.03. The van der Waals surface area contributed by atoms with Crippen LogP contribution in [-0.4, -0.2) is 4.98 Å². The molecule has 1 unspecified atom stereocenters. The van der Waals surface area contributed by atoms with Crippen molar-refractivity contribution in [3.8, 4) is 17.5 Å². The molecular weight excluding hydrogens is 193 g/mol. The fourth-order valence-corrected chi connectivity index (χ4v) is 2.63. The quantitative estimate of drug-likeness (QED) is 0.598. The van der Waals surface area contributed by atoms with Gasteiger partial charge in [-0.3, -0.25) is 0 Å². The van der Waals surface area contributed by atoms with Crippen LogP contribution < -0.4 is 13.6 Å². The number of fused-ring (bicyclic) bond motifs is 2. The first kappa shape index (κ1) is 7.21. The molecule has 2 aliphatic rings. The summed E-state index contributed by atoms with van der Waals surface area (Å²) in [5.74, 6) is 1.08. The van der Waals surface area contributed by atoms with E-state index in [2.05, 4.69) is 4.98 Å². The molecule has 0 fully saturated rings. The maximum Gasteiger partial charge on any atom is 0.649 e. The molecule has 0 aromatic carbocycles. The fraction of sp³-hybridized carbons (Fsp3) is 0.286. The lowest BCUT2D eigenvalue weighted by Gasteiger charge is -2.13. The Kier molecular flexibility index (Phi) is 1.01. The number of hydrogen-bond donors (Lipinski definition) is 0. The molecule has 0 spiro atoms. The normalized spacial score (nSPS) is 26.6. The average Bonchev–Trinajstić information content (AvgIpc) is 2.28. The van der Waals surface area contributed by atoms with E-state index >= 15 is 0 Å². The second-order valence-electron chi connectivity index (χ2n) is 3.02. The van der Waals surface area contributed by atoms with Crippen LogP contribution in [0.5, 0.6) is 17.5 Å². The first-order valence-corrected chi connectivity index (χ1v) is 5.25. The van der Waals surface area contributed by atoms with Crippen LogP contribution in [0.2, 0.25) is 0 Å². The molecule has 1 aromatic rings. The minimum atomic E-state index is -3.39. The topological polar surface area (TPSA) is 57.7 Å². The number of hydrogen-bond acceptors (Lipinski definition) is 5. The molecule has 0 saturated heterocycles. The van der Waals surface area contributed by atoms with Gasteiger partial charge in [0.05, 0.1) is 0 Å². The van der Waals surface area contributed by atoms with Gasteiger partial charge in [-0.15, -0.1) is 0 Å². The SMILES string of the molecule is Cc1c2nc3c(c1C)OP(=O)(O2)O3. The standard InChI is InChI=1S/C7H6NO4P/c1-3-4(2)6-8-7-5(3)10-13(9,11-6)12-7/h1-2H3. The minimum Gasteiger partial charge on any atom is -0.380 e. The van der Waals surface area contributed by atoms with Crippen LogP contribution in [0.25, 0.3) is 0 Å². The lowest BCUT2D eigenvalue weighted by molar-refractivity contribution is 0.312. The summed E-state index contributed by atoms with van der Waals surface area (Å²) >= 11 is 0. The molecule has 1 atom stereocenters. The molecule has 13 heavy (non-hydrogen) atoms. The van der Waals surface area contributed by atoms with Crippen LogP contribution in [-0.2, 0) is 4.57 Å². The lowest BCUT2D eigenvalue weighted by Crippen LogP contribution is -2.05.